The molecule has 0 unspecified atom stereocenters. The molecule has 8 heteroatoms. The minimum atomic E-state index is -0.424. The monoisotopic (exact) mass is 448 g/mol. The zero-order valence-corrected chi connectivity index (χ0v) is 19.5. The van der Waals surface area contributed by atoms with Gasteiger partial charge in [0.2, 0.25) is 0 Å². The van der Waals surface area contributed by atoms with Gasteiger partial charge >= 0.3 is 5.69 Å². The van der Waals surface area contributed by atoms with E-state index in [1.54, 1.807) is 14.2 Å². The number of aromatic nitrogens is 4. The molecule has 0 aliphatic heterocycles. The summed E-state index contributed by atoms with van der Waals surface area (Å²) < 4.78 is 7.73. The van der Waals surface area contributed by atoms with Gasteiger partial charge < -0.3 is 4.74 Å². The molecule has 32 heavy (non-hydrogen) atoms. The standard InChI is InChI=1S/C24H24N4O3S/c1-14-6-7-15(2)17(12-14)13-32-22-19-21(27(3)24(30)28(4)23(19)29)25-20(26-22)16-8-10-18(31-5)11-9-16/h6-12H,13H2,1-5H3. The molecule has 4 rings (SSSR count). The third-order valence-electron chi connectivity index (χ3n) is 5.48. The Hall–Kier alpha value is -3.39. The minimum Gasteiger partial charge on any atom is -0.497 e. The number of ether oxygens (including phenoxy) is 1. The maximum absolute atomic E-state index is 13.0. The molecule has 2 heterocycles. The quantitative estimate of drug-likeness (QED) is 0.343. The lowest BCUT2D eigenvalue weighted by molar-refractivity contribution is 0.415. The van der Waals surface area contributed by atoms with Gasteiger partial charge in [-0.05, 0) is 49.2 Å². The summed E-state index contributed by atoms with van der Waals surface area (Å²) in [6.45, 7) is 4.12. The normalized spacial score (nSPS) is 11.2. The van der Waals surface area contributed by atoms with Crippen LogP contribution in [0.1, 0.15) is 16.7 Å². The number of hydrogen-bond donors (Lipinski definition) is 0. The third kappa shape index (κ3) is 3.93. The third-order valence-corrected chi connectivity index (χ3v) is 6.51. The molecule has 0 saturated carbocycles. The van der Waals surface area contributed by atoms with Crippen LogP contribution in [0, 0.1) is 13.8 Å². The van der Waals surface area contributed by atoms with Crippen molar-refractivity contribution in [3.8, 4) is 17.1 Å². The Kier molecular flexibility index (Phi) is 5.88. The van der Waals surface area contributed by atoms with E-state index in [1.165, 1.54) is 40.1 Å². The second kappa shape index (κ2) is 8.63. The van der Waals surface area contributed by atoms with Gasteiger partial charge in [0.25, 0.3) is 5.56 Å². The summed E-state index contributed by atoms with van der Waals surface area (Å²) in [5.74, 6) is 1.82. The van der Waals surface area contributed by atoms with Crippen LogP contribution in [0.4, 0.5) is 0 Å². The van der Waals surface area contributed by atoms with E-state index < -0.39 is 11.2 Å². The molecule has 0 bridgehead atoms. The van der Waals surface area contributed by atoms with E-state index in [4.69, 9.17) is 9.72 Å². The van der Waals surface area contributed by atoms with Crippen molar-refractivity contribution in [2.45, 2.75) is 24.6 Å². The highest BCUT2D eigenvalue weighted by Crippen LogP contribution is 2.30. The van der Waals surface area contributed by atoms with E-state index in [1.807, 2.05) is 24.3 Å². The highest BCUT2D eigenvalue weighted by Gasteiger charge is 2.18. The van der Waals surface area contributed by atoms with Crippen LogP contribution in [-0.2, 0) is 19.8 Å². The van der Waals surface area contributed by atoms with Crippen LogP contribution >= 0.6 is 11.8 Å². The molecular formula is C24H24N4O3S. The van der Waals surface area contributed by atoms with Crippen molar-refractivity contribution in [3.63, 3.8) is 0 Å². The Morgan fingerprint density at radius 1 is 0.969 bits per heavy atom. The van der Waals surface area contributed by atoms with Gasteiger partial charge in [-0.3, -0.25) is 13.9 Å². The van der Waals surface area contributed by atoms with E-state index >= 15 is 0 Å². The molecule has 0 N–H and O–H groups in total. The Morgan fingerprint density at radius 3 is 2.38 bits per heavy atom. The molecule has 0 spiro atoms. The van der Waals surface area contributed by atoms with Gasteiger partial charge in [-0.25, -0.2) is 14.8 Å². The van der Waals surface area contributed by atoms with E-state index in [9.17, 15) is 9.59 Å². The summed E-state index contributed by atoms with van der Waals surface area (Å²) in [4.78, 5) is 34.9. The predicted molar refractivity (Wildman–Crippen MR) is 127 cm³/mol. The van der Waals surface area contributed by atoms with Gasteiger partial charge in [0.15, 0.2) is 11.5 Å². The highest BCUT2D eigenvalue weighted by atomic mass is 32.2. The first-order valence-corrected chi connectivity index (χ1v) is 11.1. The summed E-state index contributed by atoms with van der Waals surface area (Å²) >= 11 is 1.48. The van der Waals surface area contributed by atoms with E-state index in [0.717, 1.165) is 15.9 Å². The van der Waals surface area contributed by atoms with Crippen LogP contribution in [0.2, 0.25) is 0 Å². The van der Waals surface area contributed by atoms with Crippen molar-refractivity contribution >= 4 is 22.8 Å². The lowest BCUT2D eigenvalue weighted by atomic mass is 10.1. The molecule has 0 aliphatic carbocycles. The maximum atomic E-state index is 13.0. The number of rotatable bonds is 5. The summed E-state index contributed by atoms with van der Waals surface area (Å²) in [7, 11) is 4.70. The zero-order chi connectivity index (χ0) is 23.0. The van der Waals surface area contributed by atoms with E-state index in [2.05, 4.69) is 37.0 Å². The van der Waals surface area contributed by atoms with Crippen LogP contribution < -0.4 is 16.0 Å². The zero-order valence-electron chi connectivity index (χ0n) is 18.7. The average Bonchev–Trinajstić information content (AvgIpc) is 2.81. The predicted octanol–water partition coefficient (Wildman–Crippen LogP) is 3.61. The average molecular weight is 449 g/mol. The van der Waals surface area contributed by atoms with Crippen molar-refractivity contribution in [1.82, 2.24) is 19.1 Å². The fraction of sp³-hybridized carbons (Fsp3) is 0.250. The van der Waals surface area contributed by atoms with E-state index in [-0.39, 0.29) is 0 Å². The molecule has 0 fully saturated rings. The summed E-state index contributed by atoms with van der Waals surface area (Å²) in [6, 6.07) is 13.7. The van der Waals surface area contributed by atoms with Crippen molar-refractivity contribution in [3.05, 3.63) is 80.0 Å². The lowest BCUT2D eigenvalue weighted by Gasteiger charge is -2.13. The maximum Gasteiger partial charge on any atom is 0.332 e. The molecule has 7 nitrogen and oxygen atoms in total. The summed E-state index contributed by atoms with van der Waals surface area (Å²) in [5, 5.41) is 0.903. The topological polar surface area (TPSA) is 79.0 Å². The first-order chi connectivity index (χ1) is 15.3. The number of hydrogen-bond acceptors (Lipinski definition) is 6. The molecule has 0 radical (unpaired) electrons. The van der Waals surface area contributed by atoms with Crippen molar-refractivity contribution < 1.29 is 4.74 Å². The fourth-order valence-corrected chi connectivity index (χ4v) is 4.58. The van der Waals surface area contributed by atoms with Crippen LogP contribution in [0.3, 0.4) is 0 Å². The van der Waals surface area contributed by atoms with Gasteiger partial charge in [-0.1, -0.05) is 23.8 Å². The van der Waals surface area contributed by atoms with Crippen LogP contribution in [0.15, 0.2) is 57.1 Å². The molecule has 4 aromatic rings. The molecule has 0 saturated heterocycles. The summed E-state index contributed by atoms with van der Waals surface area (Å²) in [6.07, 6.45) is 0. The number of nitrogens with zero attached hydrogens (tertiary/aromatic N) is 4. The molecule has 164 valence electrons. The first-order valence-electron chi connectivity index (χ1n) is 10.1. The fourth-order valence-electron chi connectivity index (χ4n) is 3.50. The van der Waals surface area contributed by atoms with Gasteiger partial charge in [-0.15, -0.1) is 11.8 Å². The van der Waals surface area contributed by atoms with Gasteiger partial charge in [0.1, 0.15) is 16.2 Å². The first kappa shape index (κ1) is 21.8. The summed E-state index contributed by atoms with van der Waals surface area (Å²) in [5.41, 5.74) is 3.81. The highest BCUT2D eigenvalue weighted by molar-refractivity contribution is 7.98. The van der Waals surface area contributed by atoms with Gasteiger partial charge in [0.05, 0.1) is 7.11 Å². The smallest absolute Gasteiger partial charge is 0.332 e. The Balaban J connectivity index is 1.91. The van der Waals surface area contributed by atoms with Gasteiger partial charge in [-0.2, -0.15) is 0 Å². The van der Waals surface area contributed by atoms with Crippen molar-refractivity contribution in [2.75, 3.05) is 7.11 Å². The largest absolute Gasteiger partial charge is 0.497 e. The van der Waals surface area contributed by atoms with E-state index in [0.29, 0.717) is 27.6 Å². The number of aryl methyl sites for hydroxylation is 3. The van der Waals surface area contributed by atoms with Crippen LogP contribution in [0.5, 0.6) is 5.75 Å². The van der Waals surface area contributed by atoms with Crippen molar-refractivity contribution in [2.24, 2.45) is 14.1 Å². The SMILES string of the molecule is COc1ccc(-c2nc(SCc3cc(C)ccc3C)c3c(=O)n(C)c(=O)n(C)c3n2)cc1. The second-order valence-electron chi connectivity index (χ2n) is 7.70. The molecule has 2 aromatic carbocycles. The second-order valence-corrected chi connectivity index (χ2v) is 8.67. The van der Waals surface area contributed by atoms with Crippen LogP contribution in [0.25, 0.3) is 22.4 Å². The van der Waals surface area contributed by atoms with Crippen LogP contribution in [-0.4, -0.2) is 26.2 Å². The molecule has 0 atom stereocenters. The molecular weight excluding hydrogens is 424 g/mol. The van der Waals surface area contributed by atoms with Gasteiger partial charge in [0, 0.05) is 25.4 Å². The minimum absolute atomic E-state index is 0.322. The molecule has 2 aromatic heterocycles. The van der Waals surface area contributed by atoms with Crippen molar-refractivity contribution in [1.29, 1.82) is 0 Å². The molecule has 0 amide bonds. The Labute approximate surface area is 189 Å². The number of thioether (sulfide) groups is 1. The Bertz CT molecular complexity index is 1440. The number of methoxy groups -OCH3 is 1. The Morgan fingerprint density at radius 2 is 1.69 bits per heavy atom. The number of benzene rings is 2. The molecule has 0 aliphatic rings. The number of fused-ring (bicyclic) bond motifs is 1. The lowest BCUT2D eigenvalue weighted by Crippen LogP contribution is -2.37.